The Labute approximate surface area is 71.0 Å². The van der Waals surface area contributed by atoms with Crippen molar-refractivity contribution in [3.05, 3.63) is 12.3 Å². The number of aliphatic imine (C=N–C) groups is 1. The van der Waals surface area contributed by atoms with Gasteiger partial charge in [-0.15, -0.1) is 11.6 Å². The maximum atomic E-state index is 10.6. The lowest BCUT2D eigenvalue weighted by Crippen LogP contribution is -2.33. The second-order valence-corrected chi connectivity index (χ2v) is 3.23. The van der Waals surface area contributed by atoms with E-state index in [0.29, 0.717) is 0 Å². The number of hydrogen-bond donors (Lipinski definition) is 0. The van der Waals surface area contributed by atoms with E-state index >= 15 is 0 Å². The molecule has 0 radical (unpaired) electrons. The summed E-state index contributed by atoms with van der Waals surface area (Å²) in [5.74, 6) is 0.0340. The van der Waals surface area contributed by atoms with E-state index < -0.39 is 4.87 Å². The third kappa shape index (κ3) is 1.51. The summed E-state index contributed by atoms with van der Waals surface area (Å²) in [7, 11) is 0. The van der Waals surface area contributed by atoms with Crippen LogP contribution in [0.1, 0.15) is 13.3 Å². The van der Waals surface area contributed by atoms with Gasteiger partial charge in [-0.25, -0.2) is 0 Å². The summed E-state index contributed by atoms with van der Waals surface area (Å²) in [5, 5.41) is 0. The molecule has 11 heavy (non-hydrogen) atoms. The van der Waals surface area contributed by atoms with Crippen molar-refractivity contribution in [3.8, 4) is 0 Å². The minimum atomic E-state index is -0.851. The number of aldehydes is 1. The minimum Gasteiger partial charge on any atom is -0.301 e. The van der Waals surface area contributed by atoms with Gasteiger partial charge in [0.05, 0.1) is 0 Å². The summed E-state index contributed by atoms with van der Waals surface area (Å²) in [6, 6.07) is 0. The van der Waals surface area contributed by atoms with E-state index in [0.717, 1.165) is 12.7 Å². The average Bonchev–Trinajstić information content (AvgIpc) is 2.05. The van der Waals surface area contributed by atoms with Gasteiger partial charge in [-0.3, -0.25) is 4.99 Å². The van der Waals surface area contributed by atoms with Crippen LogP contribution in [-0.4, -0.2) is 17.4 Å². The first kappa shape index (κ1) is 8.47. The van der Waals surface area contributed by atoms with E-state index in [1.165, 1.54) is 0 Å². The molecule has 1 heterocycles. The van der Waals surface area contributed by atoms with E-state index in [4.69, 9.17) is 11.6 Å². The quantitative estimate of drug-likeness (QED) is 0.460. The molecule has 0 amide bonds. The van der Waals surface area contributed by atoms with Crippen LogP contribution in [0.5, 0.6) is 0 Å². The van der Waals surface area contributed by atoms with Crippen molar-refractivity contribution in [2.75, 3.05) is 0 Å². The second kappa shape index (κ2) is 3.18. The van der Waals surface area contributed by atoms with Gasteiger partial charge in [0.2, 0.25) is 0 Å². The smallest absolute Gasteiger partial charge is 0.145 e. The summed E-state index contributed by atoms with van der Waals surface area (Å²) in [6.07, 6.45) is 6.52. The molecule has 0 aromatic heterocycles. The van der Waals surface area contributed by atoms with Crippen LogP contribution in [0.15, 0.2) is 17.3 Å². The fraction of sp³-hybridized carbons (Fsp3) is 0.500. The summed E-state index contributed by atoms with van der Waals surface area (Å²) < 4.78 is 0. The SMILES string of the molecule is CCC1C=NC=CC1(Cl)C=O. The molecule has 2 atom stereocenters. The Morgan fingerprint density at radius 3 is 3.00 bits per heavy atom. The highest BCUT2D eigenvalue weighted by atomic mass is 35.5. The molecule has 2 unspecified atom stereocenters. The van der Waals surface area contributed by atoms with Crippen molar-refractivity contribution in [3.63, 3.8) is 0 Å². The maximum absolute atomic E-state index is 10.6. The van der Waals surface area contributed by atoms with Crippen LogP contribution in [0, 0.1) is 5.92 Å². The van der Waals surface area contributed by atoms with Crippen molar-refractivity contribution in [2.24, 2.45) is 10.9 Å². The topological polar surface area (TPSA) is 29.4 Å². The molecule has 1 aliphatic rings. The van der Waals surface area contributed by atoms with E-state index in [1.54, 1.807) is 18.5 Å². The molecule has 0 aromatic carbocycles. The van der Waals surface area contributed by atoms with Crippen molar-refractivity contribution < 1.29 is 4.79 Å². The van der Waals surface area contributed by atoms with Crippen LogP contribution in [0.2, 0.25) is 0 Å². The third-order valence-corrected chi connectivity index (χ3v) is 2.37. The van der Waals surface area contributed by atoms with E-state index in [1.807, 2.05) is 6.92 Å². The lowest BCUT2D eigenvalue weighted by atomic mass is 9.90. The molecule has 0 spiro atoms. The van der Waals surface area contributed by atoms with Crippen LogP contribution in [-0.2, 0) is 4.79 Å². The first-order valence-electron chi connectivity index (χ1n) is 3.59. The number of nitrogens with zero attached hydrogens (tertiary/aromatic N) is 1. The standard InChI is InChI=1S/C8H10ClNO/c1-2-7-5-10-4-3-8(7,9)6-11/h3-7H,2H2,1H3. The Morgan fingerprint density at radius 2 is 2.55 bits per heavy atom. The zero-order valence-electron chi connectivity index (χ0n) is 6.33. The first-order valence-corrected chi connectivity index (χ1v) is 3.97. The molecular formula is C8H10ClNO. The van der Waals surface area contributed by atoms with Gasteiger partial charge in [-0.05, 0) is 12.5 Å². The highest BCUT2D eigenvalue weighted by Gasteiger charge is 2.33. The largest absolute Gasteiger partial charge is 0.301 e. The van der Waals surface area contributed by atoms with Gasteiger partial charge in [-0.2, -0.15) is 0 Å². The van der Waals surface area contributed by atoms with Crippen LogP contribution >= 0.6 is 11.6 Å². The molecule has 0 fully saturated rings. The van der Waals surface area contributed by atoms with Gasteiger partial charge in [0.1, 0.15) is 11.2 Å². The molecule has 0 aromatic rings. The number of carbonyl (C=O) groups is 1. The molecular weight excluding hydrogens is 162 g/mol. The highest BCUT2D eigenvalue weighted by molar-refractivity contribution is 6.34. The molecule has 60 valence electrons. The second-order valence-electron chi connectivity index (χ2n) is 2.57. The van der Waals surface area contributed by atoms with Gasteiger partial charge in [0.15, 0.2) is 0 Å². The zero-order valence-corrected chi connectivity index (χ0v) is 7.08. The number of hydrogen-bond acceptors (Lipinski definition) is 2. The number of halogens is 1. The fourth-order valence-electron chi connectivity index (χ4n) is 1.09. The Hall–Kier alpha value is -0.630. The van der Waals surface area contributed by atoms with Crippen LogP contribution in [0.4, 0.5) is 0 Å². The Morgan fingerprint density at radius 1 is 1.82 bits per heavy atom. The van der Waals surface area contributed by atoms with Crippen molar-refractivity contribution in [1.82, 2.24) is 0 Å². The lowest BCUT2D eigenvalue weighted by molar-refractivity contribution is -0.109. The predicted molar refractivity (Wildman–Crippen MR) is 46.1 cm³/mol. The van der Waals surface area contributed by atoms with Crippen molar-refractivity contribution >= 4 is 24.1 Å². The molecule has 0 aliphatic carbocycles. The van der Waals surface area contributed by atoms with E-state index in [9.17, 15) is 4.79 Å². The van der Waals surface area contributed by atoms with Crippen molar-refractivity contribution in [1.29, 1.82) is 0 Å². The van der Waals surface area contributed by atoms with Gasteiger partial charge >= 0.3 is 0 Å². The Kier molecular flexibility index (Phi) is 2.45. The summed E-state index contributed by atoms with van der Waals surface area (Å²) >= 11 is 5.98. The van der Waals surface area contributed by atoms with Gasteiger partial charge in [-0.1, -0.05) is 6.92 Å². The molecule has 2 nitrogen and oxygen atoms in total. The first-order chi connectivity index (χ1) is 5.23. The number of allylic oxidation sites excluding steroid dienone is 1. The summed E-state index contributed by atoms with van der Waals surface area (Å²) in [4.78, 5) is 13.7. The number of rotatable bonds is 2. The lowest BCUT2D eigenvalue weighted by Gasteiger charge is -2.25. The Bertz CT molecular complexity index is 212. The molecule has 0 bridgehead atoms. The third-order valence-electron chi connectivity index (χ3n) is 1.87. The summed E-state index contributed by atoms with van der Waals surface area (Å²) in [5.41, 5.74) is 0. The molecule has 3 heteroatoms. The van der Waals surface area contributed by atoms with Gasteiger partial charge in [0.25, 0.3) is 0 Å². The van der Waals surface area contributed by atoms with Gasteiger partial charge in [0, 0.05) is 18.3 Å². The number of alkyl halides is 1. The van der Waals surface area contributed by atoms with Gasteiger partial charge < -0.3 is 4.79 Å². The predicted octanol–water partition coefficient (Wildman–Crippen LogP) is 1.79. The number of carbonyl (C=O) groups excluding carboxylic acids is 1. The summed E-state index contributed by atoms with van der Waals surface area (Å²) in [6.45, 7) is 1.98. The molecule has 0 saturated carbocycles. The zero-order chi connectivity index (χ0) is 8.32. The normalized spacial score (nSPS) is 35.6. The monoisotopic (exact) mass is 171 g/mol. The molecule has 0 saturated heterocycles. The van der Waals surface area contributed by atoms with E-state index in [2.05, 4.69) is 4.99 Å². The van der Waals surface area contributed by atoms with Crippen LogP contribution < -0.4 is 0 Å². The molecule has 1 rings (SSSR count). The van der Waals surface area contributed by atoms with Crippen molar-refractivity contribution in [2.45, 2.75) is 18.2 Å². The Balaban J connectivity index is 2.86. The van der Waals surface area contributed by atoms with E-state index in [-0.39, 0.29) is 5.92 Å². The highest BCUT2D eigenvalue weighted by Crippen LogP contribution is 2.28. The minimum absolute atomic E-state index is 0.0340. The molecule has 1 aliphatic heterocycles. The van der Waals surface area contributed by atoms with Crippen LogP contribution in [0.3, 0.4) is 0 Å². The fourth-order valence-corrected chi connectivity index (χ4v) is 1.36. The maximum Gasteiger partial charge on any atom is 0.145 e. The molecule has 0 N–H and O–H groups in total. The average molecular weight is 172 g/mol. The van der Waals surface area contributed by atoms with Crippen LogP contribution in [0.25, 0.3) is 0 Å².